The molecule has 5 nitrogen and oxygen atoms in total. The van der Waals surface area contributed by atoms with Crippen LogP contribution >= 0.6 is 0 Å². The Morgan fingerprint density at radius 3 is 2.35 bits per heavy atom. The van der Waals surface area contributed by atoms with E-state index >= 15 is 0 Å². The SMILES string of the molecule is CCC(C)(CCO)NS(=O)(=O)c1c(C)ccc(C)c1N. The number of aliphatic hydroxyl groups excluding tert-OH is 1. The normalized spacial score (nSPS) is 15.1. The number of hydrogen-bond acceptors (Lipinski definition) is 4. The van der Waals surface area contributed by atoms with Crippen LogP contribution in [0.15, 0.2) is 17.0 Å². The van der Waals surface area contributed by atoms with Gasteiger partial charge in [0.25, 0.3) is 0 Å². The van der Waals surface area contributed by atoms with Crippen molar-refractivity contribution in [3.05, 3.63) is 23.3 Å². The van der Waals surface area contributed by atoms with Gasteiger partial charge in [0.05, 0.1) is 5.69 Å². The number of hydrogen-bond donors (Lipinski definition) is 3. The van der Waals surface area contributed by atoms with Gasteiger partial charge in [-0.3, -0.25) is 0 Å². The van der Waals surface area contributed by atoms with E-state index in [0.29, 0.717) is 18.4 Å². The molecule has 0 saturated carbocycles. The van der Waals surface area contributed by atoms with Crippen molar-refractivity contribution in [3.8, 4) is 0 Å². The van der Waals surface area contributed by atoms with Crippen LogP contribution in [0.3, 0.4) is 0 Å². The second-order valence-corrected chi connectivity index (χ2v) is 7.05. The summed E-state index contributed by atoms with van der Waals surface area (Å²) in [6.45, 7) is 7.09. The summed E-state index contributed by atoms with van der Waals surface area (Å²) in [6, 6.07) is 3.55. The largest absolute Gasteiger partial charge is 0.397 e. The Bertz CT molecular complexity index is 584. The van der Waals surface area contributed by atoms with Crippen molar-refractivity contribution >= 4 is 15.7 Å². The summed E-state index contributed by atoms with van der Waals surface area (Å²) in [5.74, 6) is 0. The molecule has 0 spiro atoms. The molecule has 20 heavy (non-hydrogen) atoms. The van der Waals surface area contributed by atoms with Crippen molar-refractivity contribution in [3.63, 3.8) is 0 Å². The van der Waals surface area contributed by atoms with Gasteiger partial charge >= 0.3 is 0 Å². The van der Waals surface area contributed by atoms with Crippen molar-refractivity contribution in [2.75, 3.05) is 12.3 Å². The quantitative estimate of drug-likeness (QED) is 0.697. The predicted octanol–water partition coefficient (Wildman–Crippen LogP) is 1.72. The van der Waals surface area contributed by atoms with E-state index in [-0.39, 0.29) is 17.2 Å². The summed E-state index contributed by atoms with van der Waals surface area (Å²) in [5.41, 5.74) is 6.88. The number of anilines is 1. The highest BCUT2D eigenvalue weighted by Crippen LogP contribution is 2.28. The average Bonchev–Trinajstić information content (AvgIpc) is 2.33. The number of rotatable bonds is 6. The zero-order valence-corrected chi connectivity index (χ0v) is 13.3. The summed E-state index contributed by atoms with van der Waals surface area (Å²) in [4.78, 5) is 0.134. The molecule has 0 aromatic heterocycles. The third-order valence-electron chi connectivity index (χ3n) is 3.70. The minimum Gasteiger partial charge on any atom is -0.397 e. The Balaban J connectivity index is 3.28. The van der Waals surface area contributed by atoms with Crippen molar-refractivity contribution in [2.45, 2.75) is 51.0 Å². The molecule has 0 heterocycles. The third kappa shape index (κ3) is 3.50. The van der Waals surface area contributed by atoms with Gasteiger partial charge in [0.1, 0.15) is 4.90 Å². The molecule has 0 bridgehead atoms. The van der Waals surface area contributed by atoms with E-state index in [4.69, 9.17) is 10.8 Å². The first-order valence-electron chi connectivity index (χ1n) is 6.67. The monoisotopic (exact) mass is 300 g/mol. The summed E-state index contributed by atoms with van der Waals surface area (Å²) in [7, 11) is -3.72. The Kier molecular flexibility index (Phi) is 5.18. The van der Waals surface area contributed by atoms with Crippen molar-refractivity contribution in [1.29, 1.82) is 0 Å². The number of aryl methyl sites for hydroxylation is 2. The highest BCUT2D eigenvalue weighted by atomic mass is 32.2. The number of aliphatic hydroxyl groups is 1. The summed E-state index contributed by atoms with van der Waals surface area (Å²) < 4.78 is 27.9. The minimum atomic E-state index is -3.72. The summed E-state index contributed by atoms with van der Waals surface area (Å²) in [6.07, 6.45) is 0.936. The Morgan fingerprint density at radius 2 is 1.85 bits per heavy atom. The van der Waals surface area contributed by atoms with E-state index in [9.17, 15) is 8.42 Å². The fourth-order valence-electron chi connectivity index (χ4n) is 2.09. The molecule has 0 amide bonds. The first-order chi connectivity index (χ1) is 9.17. The van der Waals surface area contributed by atoms with Crippen LogP contribution in [0.25, 0.3) is 0 Å². The Morgan fingerprint density at radius 1 is 1.30 bits per heavy atom. The molecule has 1 unspecified atom stereocenters. The molecule has 0 fully saturated rings. The average molecular weight is 300 g/mol. The van der Waals surface area contributed by atoms with Gasteiger partial charge < -0.3 is 10.8 Å². The molecule has 0 radical (unpaired) electrons. The second kappa shape index (κ2) is 6.11. The lowest BCUT2D eigenvalue weighted by Gasteiger charge is -2.29. The van der Waals surface area contributed by atoms with Crippen LogP contribution in [-0.2, 0) is 10.0 Å². The molecular formula is C14H24N2O3S. The highest BCUT2D eigenvalue weighted by Gasteiger charge is 2.31. The molecule has 0 aliphatic heterocycles. The van der Waals surface area contributed by atoms with Crippen LogP contribution in [0.2, 0.25) is 0 Å². The molecule has 1 aromatic carbocycles. The smallest absolute Gasteiger partial charge is 0.243 e. The van der Waals surface area contributed by atoms with Crippen LogP contribution in [0, 0.1) is 13.8 Å². The summed E-state index contributed by atoms with van der Waals surface area (Å²) in [5, 5.41) is 9.09. The van der Waals surface area contributed by atoms with Gasteiger partial charge in [-0.2, -0.15) is 0 Å². The lowest BCUT2D eigenvalue weighted by atomic mass is 9.97. The Labute approximate surface area is 121 Å². The molecular weight excluding hydrogens is 276 g/mol. The maximum absolute atomic E-state index is 12.6. The molecule has 1 aromatic rings. The van der Waals surface area contributed by atoms with E-state index < -0.39 is 15.6 Å². The van der Waals surface area contributed by atoms with Gasteiger partial charge in [-0.05, 0) is 44.7 Å². The van der Waals surface area contributed by atoms with Crippen LogP contribution in [-0.4, -0.2) is 25.7 Å². The lowest BCUT2D eigenvalue weighted by molar-refractivity contribution is 0.233. The van der Waals surface area contributed by atoms with E-state index in [2.05, 4.69) is 4.72 Å². The van der Waals surface area contributed by atoms with E-state index in [1.165, 1.54) is 0 Å². The first-order valence-corrected chi connectivity index (χ1v) is 8.15. The van der Waals surface area contributed by atoms with E-state index in [0.717, 1.165) is 5.56 Å². The number of nitrogen functional groups attached to an aromatic ring is 1. The van der Waals surface area contributed by atoms with Gasteiger partial charge in [-0.25, -0.2) is 13.1 Å². The predicted molar refractivity (Wildman–Crippen MR) is 81.0 cm³/mol. The van der Waals surface area contributed by atoms with Gasteiger partial charge in [0, 0.05) is 12.1 Å². The topological polar surface area (TPSA) is 92.4 Å². The Hall–Kier alpha value is -1.11. The minimum absolute atomic E-state index is 0.0743. The maximum atomic E-state index is 12.6. The van der Waals surface area contributed by atoms with Crippen LogP contribution < -0.4 is 10.5 Å². The van der Waals surface area contributed by atoms with Gasteiger partial charge in [0.2, 0.25) is 10.0 Å². The van der Waals surface area contributed by atoms with Crippen LogP contribution in [0.5, 0.6) is 0 Å². The van der Waals surface area contributed by atoms with Crippen molar-refractivity contribution in [2.24, 2.45) is 0 Å². The number of nitrogens with two attached hydrogens (primary N) is 1. The molecule has 114 valence electrons. The van der Waals surface area contributed by atoms with E-state index in [1.807, 2.05) is 6.92 Å². The molecule has 4 N–H and O–H groups in total. The van der Waals surface area contributed by atoms with Gasteiger partial charge in [-0.1, -0.05) is 19.1 Å². The van der Waals surface area contributed by atoms with Crippen molar-refractivity contribution < 1.29 is 13.5 Å². The number of sulfonamides is 1. The van der Waals surface area contributed by atoms with Crippen LogP contribution in [0.4, 0.5) is 5.69 Å². The van der Waals surface area contributed by atoms with Gasteiger partial charge in [0.15, 0.2) is 0 Å². The molecule has 1 atom stereocenters. The van der Waals surface area contributed by atoms with Gasteiger partial charge in [-0.15, -0.1) is 0 Å². The molecule has 6 heteroatoms. The lowest BCUT2D eigenvalue weighted by Crippen LogP contribution is -2.46. The van der Waals surface area contributed by atoms with Crippen molar-refractivity contribution in [1.82, 2.24) is 4.72 Å². The molecule has 0 aliphatic carbocycles. The number of nitrogens with one attached hydrogen (secondary N) is 1. The number of benzene rings is 1. The standard InChI is InChI=1S/C14H24N2O3S/c1-5-14(4,8-9-17)16-20(18,19)13-11(3)7-6-10(2)12(13)15/h6-7,16-17H,5,8-9,15H2,1-4H3. The zero-order chi connectivity index (χ0) is 15.6. The maximum Gasteiger partial charge on any atom is 0.243 e. The molecule has 0 saturated heterocycles. The third-order valence-corrected chi connectivity index (χ3v) is 5.55. The van der Waals surface area contributed by atoms with Crippen LogP contribution in [0.1, 0.15) is 37.8 Å². The van der Waals surface area contributed by atoms with E-state index in [1.54, 1.807) is 32.9 Å². The fraction of sp³-hybridized carbons (Fsp3) is 0.571. The fourth-order valence-corrected chi connectivity index (χ4v) is 4.03. The summed E-state index contributed by atoms with van der Waals surface area (Å²) >= 11 is 0. The molecule has 0 aliphatic rings. The second-order valence-electron chi connectivity index (χ2n) is 5.44. The highest BCUT2D eigenvalue weighted by molar-refractivity contribution is 7.89. The first kappa shape index (κ1) is 16.9. The zero-order valence-electron chi connectivity index (χ0n) is 12.5. The molecule has 1 rings (SSSR count).